The van der Waals surface area contributed by atoms with Gasteiger partial charge in [-0.1, -0.05) is 18.2 Å². The van der Waals surface area contributed by atoms with Gasteiger partial charge in [-0.05, 0) is 63.6 Å². The van der Waals surface area contributed by atoms with Gasteiger partial charge in [0.1, 0.15) is 12.4 Å². The molecule has 0 bridgehead atoms. The van der Waals surface area contributed by atoms with Crippen LogP contribution >= 0.6 is 0 Å². The van der Waals surface area contributed by atoms with Gasteiger partial charge < -0.3 is 4.74 Å². The first-order valence-corrected chi connectivity index (χ1v) is 9.69. The number of nitrogens with zero attached hydrogens (tertiary/aromatic N) is 5. The molecule has 4 rings (SSSR count). The summed E-state index contributed by atoms with van der Waals surface area (Å²) in [6.07, 6.45) is 3.32. The van der Waals surface area contributed by atoms with Gasteiger partial charge in [-0.2, -0.15) is 10.2 Å². The summed E-state index contributed by atoms with van der Waals surface area (Å²) < 4.78 is 10.3. The summed E-state index contributed by atoms with van der Waals surface area (Å²) in [6, 6.07) is 16.2. The number of hydrogen-bond donors (Lipinski definition) is 0. The first-order chi connectivity index (χ1) is 14.0. The number of aromatic nitrogens is 5. The Morgan fingerprint density at radius 3 is 1.97 bits per heavy atom. The van der Waals surface area contributed by atoms with Gasteiger partial charge in [-0.25, -0.2) is 9.36 Å². The zero-order valence-electron chi connectivity index (χ0n) is 17.2. The normalized spacial score (nSPS) is 11.2. The van der Waals surface area contributed by atoms with Gasteiger partial charge in [0.15, 0.2) is 6.17 Å². The Balaban J connectivity index is 1.79. The molecule has 0 aliphatic rings. The number of benzene rings is 1. The van der Waals surface area contributed by atoms with E-state index in [9.17, 15) is 0 Å². The van der Waals surface area contributed by atoms with E-state index in [1.807, 2.05) is 53.5 Å². The van der Waals surface area contributed by atoms with Crippen molar-refractivity contribution >= 4 is 0 Å². The van der Waals surface area contributed by atoms with Crippen LogP contribution < -0.4 is 4.74 Å². The molecule has 0 saturated carbocycles. The number of aryl methyl sites for hydroxylation is 4. The SMILES string of the molecule is Cc1cc(C)n(C(c2ccccc2OCc2ccncc2)n2nc(C)cc2C)n1. The molecule has 0 unspecified atom stereocenters. The van der Waals surface area contributed by atoms with Crippen molar-refractivity contribution in [1.29, 1.82) is 0 Å². The van der Waals surface area contributed by atoms with Crippen molar-refractivity contribution in [1.82, 2.24) is 24.5 Å². The number of hydrogen-bond acceptors (Lipinski definition) is 4. The Morgan fingerprint density at radius 1 is 0.828 bits per heavy atom. The molecule has 29 heavy (non-hydrogen) atoms. The van der Waals surface area contributed by atoms with Crippen molar-refractivity contribution in [2.75, 3.05) is 0 Å². The first kappa shape index (κ1) is 18.9. The largest absolute Gasteiger partial charge is 0.488 e. The van der Waals surface area contributed by atoms with Crippen molar-refractivity contribution in [2.24, 2.45) is 0 Å². The second-order valence-electron chi connectivity index (χ2n) is 7.30. The average Bonchev–Trinajstić information content (AvgIpc) is 3.22. The molecule has 148 valence electrons. The lowest BCUT2D eigenvalue weighted by molar-refractivity contribution is 0.292. The standard InChI is InChI=1S/C23H25N5O/c1-16-13-18(3)27(25-16)23(28-19(4)14-17(2)26-28)21-7-5-6-8-22(21)29-15-20-9-11-24-12-10-20/h5-14,23H,15H2,1-4H3. The van der Waals surface area contributed by atoms with Crippen LogP contribution in [0.1, 0.15) is 40.1 Å². The van der Waals surface area contributed by atoms with Gasteiger partial charge in [-0.15, -0.1) is 0 Å². The molecule has 6 nitrogen and oxygen atoms in total. The minimum atomic E-state index is -0.231. The number of ether oxygens (including phenoxy) is 1. The third kappa shape index (κ3) is 3.92. The highest BCUT2D eigenvalue weighted by Crippen LogP contribution is 2.31. The van der Waals surface area contributed by atoms with Crippen molar-refractivity contribution < 1.29 is 4.74 Å². The van der Waals surface area contributed by atoms with Gasteiger partial charge in [0.2, 0.25) is 0 Å². The zero-order valence-corrected chi connectivity index (χ0v) is 17.2. The summed E-state index contributed by atoms with van der Waals surface area (Å²) in [5, 5.41) is 9.53. The van der Waals surface area contributed by atoms with Crippen molar-refractivity contribution in [2.45, 2.75) is 40.5 Å². The van der Waals surface area contributed by atoms with E-state index in [0.717, 1.165) is 39.7 Å². The predicted molar refractivity (Wildman–Crippen MR) is 112 cm³/mol. The molecule has 0 N–H and O–H groups in total. The van der Waals surface area contributed by atoms with Gasteiger partial charge >= 0.3 is 0 Å². The van der Waals surface area contributed by atoms with E-state index >= 15 is 0 Å². The smallest absolute Gasteiger partial charge is 0.172 e. The van der Waals surface area contributed by atoms with Crippen LogP contribution in [-0.4, -0.2) is 24.5 Å². The fraction of sp³-hybridized carbons (Fsp3) is 0.261. The molecule has 3 aromatic heterocycles. The summed E-state index contributed by atoms with van der Waals surface area (Å²) in [6.45, 7) is 8.62. The molecule has 0 saturated heterocycles. The second-order valence-corrected chi connectivity index (χ2v) is 7.30. The molecule has 0 radical (unpaired) electrons. The van der Waals surface area contributed by atoms with Gasteiger partial charge in [0, 0.05) is 29.3 Å². The van der Waals surface area contributed by atoms with Crippen LogP contribution in [0.2, 0.25) is 0 Å². The Bertz CT molecular complexity index is 1070. The predicted octanol–water partition coefficient (Wildman–Crippen LogP) is 4.38. The van der Waals surface area contributed by atoms with Gasteiger partial charge in [-0.3, -0.25) is 4.98 Å². The Morgan fingerprint density at radius 2 is 1.41 bits per heavy atom. The minimum Gasteiger partial charge on any atom is -0.488 e. The van der Waals surface area contributed by atoms with Gasteiger partial charge in [0.25, 0.3) is 0 Å². The van der Waals surface area contributed by atoms with Crippen LogP contribution in [0.25, 0.3) is 0 Å². The van der Waals surface area contributed by atoms with Crippen LogP contribution in [0.4, 0.5) is 0 Å². The van der Waals surface area contributed by atoms with E-state index in [0.29, 0.717) is 6.61 Å². The summed E-state index contributed by atoms with van der Waals surface area (Å²) in [5.41, 5.74) is 6.18. The molecule has 0 fully saturated rings. The van der Waals surface area contributed by atoms with Crippen LogP contribution in [0.15, 0.2) is 60.9 Å². The lowest BCUT2D eigenvalue weighted by atomic mass is 10.1. The van der Waals surface area contributed by atoms with Crippen LogP contribution in [0.3, 0.4) is 0 Å². The quantitative estimate of drug-likeness (QED) is 0.493. The molecule has 0 aliphatic heterocycles. The van der Waals surface area contributed by atoms with E-state index in [-0.39, 0.29) is 6.17 Å². The maximum atomic E-state index is 6.23. The molecular weight excluding hydrogens is 362 g/mol. The Hall–Kier alpha value is -3.41. The molecular formula is C23H25N5O. The van der Waals surface area contributed by atoms with Crippen LogP contribution in [-0.2, 0) is 6.61 Å². The molecule has 3 heterocycles. The highest BCUT2D eigenvalue weighted by molar-refractivity contribution is 5.37. The van der Waals surface area contributed by atoms with E-state index in [2.05, 4.69) is 37.0 Å². The molecule has 0 aliphatic carbocycles. The third-order valence-corrected chi connectivity index (χ3v) is 4.89. The van der Waals surface area contributed by atoms with E-state index in [1.165, 1.54) is 0 Å². The number of pyridine rings is 1. The van der Waals surface area contributed by atoms with E-state index in [1.54, 1.807) is 12.4 Å². The summed E-state index contributed by atoms with van der Waals surface area (Å²) >= 11 is 0. The maximum absolute atomic E-state index is 6.23. The van der Waals surface area contributed by atoms with Crippen molar-refractivity contribution in [3.63, 3.8) is 0 Å². The summed E-state index contributed by atoms with van der Waals surface area (Å²) in [4.78, 5) is 4.07. The average molecular weight is 387 g/mol. The molecule has 0 atom stereocenters. The van der Waals surface area contributed by atoms with Crippen LogP contribution in [0.5, 0.6) is 5.75 Å². The van der Waals surface area contributed by atoms with E-state index < -0.39 is 0 Å². The molecule has 0 amide bonds. The number of rotatable bonds is 6. The lowest BCUT2D eigenvalue weighted by Gasteiger charge is -2.24. The molecule has 4 aromatic rings. The molecule has 0 spiro atoms. The number of para-hydroxylation sites is 1. The molecule has 1 aromatic carbocycles. The minimum absolute atomic E-state index is 0.231. The fourth-order valence-corrected chi connectivity index (χ4v) is 3.62. The topological polar surface area (TPSA) is 57.8 Å². The highest BCUT2D eigenvalue weighted by atomic mass is 16.5. The summed E-state index contributed by atoms with van der Waals surface area (Å²) in [5.74, 6) is 0.814. The fourth-order valence-electron chi connectivity index (χ4n) is 3.62. The zero-order chi connectivity index (χ0) is 20.4. The van der Waals surface area contributed by atoms with E-state index in [4.69, 9.17) is 14.9 Å². The Kier molecular flexibility index (Phi) is 5.16. The lowest BCUT2D eigenvalue weighted by Crippen LogP contribution is -2.24. The van der Waals surface area contributed by atoms with Crippen molar-refractivity contribution in [3.05, 3.63) is 94.8 Å². The molecule has 6 heteroatoms. The maximum Gasteiger partial charge on any atom is 0.172 e. The van der Waals surface area contributed by atoms with Gasteiger partial charge in [0.05, 0.1) is 11.4 Å². The Labute approximate surface area is 170 Å². The first-order valence-electron chi connectivity index (χ1n) is 9.69. The third-order valence-electron chi connectivity index (χ3n) is 4.89. The monoisotopic (exact) mass is 387 g/mol. The second kappa shape index (κ2) is 7.91. The van der Waals surface area contributed by atoms with Crippen LogP contribution in [0, 0.1) is 27.7 Å². The highest BCUT2D eigenvalue weighted by Gasteiger charge is 2.25. The summed E-state index contributed by atoms with van der Waals surface area (Å²) in [7, 11) is 0. The van der Waals surface area contributed by atoms with Crippen molar-refractivity contribution in [3.8, 4) is 5.75 Å².